The molecule has 0 spiro atoms. The van der Waals surface area contributed by atoms with Crippen LogP contribution in [0.15, 0.2) is 42.5 Å². The van der Waals surface area contributed by atoms with Gasteiger partial charge in [-0.05, 0) is 36.8 Å². The molecule has 118 valence electrons. The molecule has 3 aromatic rings. The molecule has 0 radical (unpaired) electrons. The van der Waals surface area contributed by atoms with Gasteiger partial charge < -0.3 is 14.6 Å². The summed E-state index contributed by atoms with van der Waals surface area (Å²) < 4.78 is 7.27. The van der Waals surface area contributed by atoms with Gasteiger partial charge in [0.1, 0.15) is 11.6 Å². The van der Waals surface area contributed by atoms with Crippen LogP contribution in [0.3, 0.4) is 0 Å². The standard InChI is InChI=1S/C18H19N3O2/c1-12-20-15-10-13(8-9-16(15)21(12)2)11-19-18(22)14-6-4-5-7-17(14)23-3/h4-10H,11H2,1-3H3,(H,19,22). The number of ether oxygens (including phenoxy) is 1. The summed E-state index contributed by atoms with van der Waals surface area (Å²) in [4.78, 5) is 16.8. The quantitative estimate of drug-likeness (QED) is 0.806. The van der Waals surface area contributed by atoms with Gasteiger partial charge in [0.2, 0.25) is 0 Å². The summed E-state index contributed by atoms with van der Waals surface area (Å²) in [6.07, 6.45) is 0. The van der Waals surface area contributed by atoms with Crippen LogP contribution in [0.2, 0.25) is 0 Å². The molecule has 0 unspecified atom stereocenters. The van der Waals surface area contributed by atoms with Crippen molar-refractivity contribution in [3.05, 3.63) is 59.4 Å². The Morgan fingerprint density at radius 2 is 2.04 bits per heavy atom. The number of amides is 1. The van der Waals surface area contributed by atoms with Gasteiger partial charge in [-0.1, -0.05) is 18.2 Å². The Kier molecular flexibility index (Phi) is 4.02. The van der Waals surface area contributed by atoms with Gasteiger partial charge in [0.05, 0.1) is 23.7 Å². The molecule has 0 saturated heterocycles. The topological polar surface area (TPSA) is 56.1 Å². The van der Waals surface area contributed by atoms with Gasteiger partial charge in [0.15, 0.2) is 0 Å². The van der Waals surface area contributed by atoms with Crippen LogP contribution in [0.1, 0.15) is 21.7 Å². The maximum atomic E-state index is 12.3. The van der Waals surface area contributed by atoms with Crippen molar-refractivity contribution >= 4 is 16.9 Å². The van der Waals surface area contributed by atoms with Crippen molar-refractivity contribution in [1.29, 1.82) is 0 Å². The van der Waals surface area contributed by atoms with Gasteiger partial charge in [-0.15, -0.1) is 0 Å². The largest absolute Gasteiger partial charge is 0.496 e. The summed E-state index contributed by atoms with van der Waals surface area (Å²) in [5.74, 6) is 1.38. The molecule has 5 heteroatoms. The van der Waals surface area contributed by atoms with Crippen LogP contribution >= 0.6 is 0 Å². The lowest BCUT2D eigenvalue weighted by Crippen LogP contribution is -2.23. The number of para-hydroxylation sites is 1. The monoisotopic (exact) mass is 309 g/mol. The van der Waals surface area contributed by atoms with Crippen molar-refractivity contribution in [2.24, 2.45) is 7.05 Å². The van der Waals surface area contributed by atoms with Crippen LogP contribution in [0.25, 0.3) is 11.0 Å². The molecule has 0 fully saturated rings. The molecule has 0 aliphatic carbocycles. The second-order valence-corrected chi connectivity index (χ2v) is 5.42. The molecular weight excluding hydrogens is 290 g/mol. The van der Waals surface area contributed by atoms with Gasteiger partial charge in [-0.25, -0.2) is 4.98 Å². The van der Waals surface area contributed by atoms with Gasteiger partial charge in [0, 0.05) is 13.6 Å². The van der Waals surface area contributed by atoms with Crippen molar-refractivity contribution < 1.29 is 9.53 Å². The molecule has 0 bridgehead atoms. The first-order valence-electron chi connectivity index (χ1n) is 7.43. The van der Waals surface area contributed by atoms with E-state index in [0.29, 0.717) is 17.9 Å². The molecule has 0 atom stereocenters. The Balaban J connectivity index is 1.76. The minimum Gasteiger partial charge on any atom is -0.496 e. The van der Waals surface area contributed by atoms with Crippen molar-refractivity contribution in [3.8, 4) is 5.75 Å². The number of aromatic nitrogens is 2. The van der Waals surface area contributed by atoms with Crippen LogP contribution in [0, 0.1) is 6.92 Å². The van der Waals surface area contributed by atoms with E-state index in [-0.39, 0.29) is 5.91 Å². The lowest BCUT2D eigenvalue weighted by molar-refractivity contribution is 0.0948. The lowest BCUT2D eigenvalue weighted by Gasteiger charge is -2.09. The summed E-state index contributed by atoms with van der Waals surface area (Å²) in [5.41, 5.74) is 3.57. The third-order valence-electron chi connectivity index (χ3n) is 3.97. The zero-order chi connectivity index (χ0) is 16.4. The van der Waals surface area contributed by atoms with Crippen LogP contribution in [0.4, 0.5) is 0 Å². The fourth-order valence-corrected chi connectivity index (χ4v) is 2.59. The van der Waals surface area contributed by atoms with Crippen molar-refractivity contribution in [1.82, 2.24) is 14.9 Å². The minimum atomic E-state index is -0.153. The number of imidazole rings is 1. The molecule has 1 N–H and O–H groups in total. The number of fused-ring (bicyclic) bond motifs is 1. The third kappa shape index (κ3) is 2.90. The maximum Gasteiger partial charge on any atom is 0.255 e. The highest BCUT2D eigenvalue weighted by Crippen LogP contribution is 2.18. The molecule has 0 aliphatic rings. The average molecular weight is 309 g/mol. The van der Waals surface area contributed by atoms with Crippen molar-refractivity contribution in [2.75, 3.05) is 7.11 Å². The minimum absolute atomic E-state index is 0.153. The second kappa shape index (κ2) is 6.12. The molecular formula is C18H19N3O2. The number of rotatable bonds is 4. The average Bonchev–Trinajstić information content (AvgIpc) is 2.86. The van der Waals surface area contributed by atoms with E-state index in [0.717, 1.165) is 22.4 Å². The van der Waals surface area contributed by atoms with Gasteiger partial charge in [0.25, 0.3) is 5.91 Å². The lowest BCUT2D eigenvalue weighted by atomic mass is 10.1. The fourth-order valence-electron chi connectivity index (χ4n) is 2.59. The summed E-state index contributed by atoms with van der Waals surface area (Å²) >= 11 is 0. The van der Waals surface area contributed by atoms with Crippen LogP contribution in [-0.4, -0.2) is 22.6 Å². The third-order valence-corrected chi connectivity index (χ3v) is 3.97. The fraction of sp³-hybridized carbons (Fsp3) is 0.222. The molecule has 23 heavy (non-hydrogen) atoms. The number of nitrogens with zero attached hydrogens (tertiary/aromatic N) is 2. The van der Waals surface area contributed by atoms with Gasteiger partial charge in [-0.3, -0.25) is 4.79 Å². The van der Waals surface area contributed by atoms with E-state index in [1.807, 2.05) is 48.9 Å². The summed E-state index contributed by atoms with van der Waals surface area (Å²) in [7, 11) is 3.55. The highest BCUT2D eigenvalue weighted by Gasteiger charge is 2.11. The van der Waals surface area contributed by atoms with E-state index in [1.165, 1.54) is 0 Å². The number of carbonyl (C=O) groups is 1. The Morgan fingerprint density at radius 3 is 2.83 bits per heavy atom. The molecule has 1 heterocycles. The zero-order valence-electron chi connectivity index (χ0n) is 13.5. The van der Waals surface area contributed by atoms with E-state index >= 15 is 0 Å². The van der Waals surface area contributed by atoms with Gasteiger partial charge >= 0.3 is 0 Å². The SMILES string of the molecule is COc1ccccc1C(=O)NCc1ccc2c(c1)nc(C)n2C. The Bertz CT molecular complexity index is 868. The molecule has 3 rings (SSSR count). The molecule has 2 aromatic carbocycles. The predicted octanol–water partition coefficient (Wildman–Crippen LogP) is 2.82. The number of hydrogen-bond donors (Lipinski definition) is 1. The van der Waals surface area contributed by atoms with E-state index < -0.39 is 0 Å². The molecule has 0 aliphatic heterocycles. The van der Waals surface area contributed by atoms with E-state index in [9.17, 15) is 4.79 Å². The summed E-state index contributed by atoms with van der Waals surface area (Å²) in [6, 6.07) is 13.2. The number of benzene rings is 2. The summed E-state index contributed by atoms with van der Waals surface area (Å²) in [5, 5.41) is 2.92. The first kappa shape index (κ1) is 15.1. The maximum absolute atomic E-state index is 12.3. The van der Waals surface area contributed by atoms with E-state index in [1.54, 1.807) is 19.2 Å². The van der Waals surface area contributed by atoms with Crippen LogP contribution < -0.4 is 10.1 Å². The first-order valence-corrected chi connectivity index (χ1v) is 7.43. The Morgan fingerprint density at radius 1 is 1.26 bits per heavy atom. The van der Waals surface area contributed by atoms with E-state index in [2.05, 4.69) is 10.3 Å². The van der Waals surface area contributed by atoms with E-state index in [4.69, 9.17) is 4.74 Å². The number of carbonyl (C=O) groups excluding carboxylic acids is 1. The Labute approximate surface area is 134 Å². The smallest absolute Gasteiger partial charge is 0.255 e. The van der Waals surface area contributed by atoms with Gasteiger partial charge in [-0.2, -0.15) is 0 Å². The molecule has 5 nitrogen and oxygen atoms in total. The van der Waals surface area contributed by atoms with Crippen molar-refractivity contribution in [3.63, 3.8) is 0 Å². The number of nitrogens with one attached hydrogen (secondary N) is 1. The molecule has 1 amide bonds. The summed E-state index contributed by atoms with van der Waals surface area (Å²) in [6.45, 7) is 2.42. The number of methoxy groups -OCH3 is 1. The predicted molar refractivity (Wildman–Crippen MR) is 89.6 cm³/mol. The molecule has 1 aromatic heterocycles. The van der Waals surface area contributed by atoms with Crippen LogP contribution in [-0.2, 0) is 13.6 Å². The highest BCUT2D eigenvalue weighted by molar-refractivity contribution is 5.96. The number of hydrogen-bond acceptors (Lipinski definition) is 3. The van der Waals surface area contributed by atoms with Crippen LogP contribution in [0.5, 0.6) is 5.75 Å². The van der Waals surface area contributed by atoms with Crippen molar-refractivity contribution in [2.45, 2.75) is 13.5 Å². The Hall–Kier alpha value is -2.82. The first-order chi connectivity index (χ1) is 11.1. The number of aryl methyl sites for hydroxylation is 2. The molecule has 0 saturated carbocycles. The second-order valence-electron chi connectivity index (χ2n) is 5.42. The highest BCUT2D eigenvalue weighted by atomic mass is 16.5. The zero-order valence-corrected chi connectivity index (χ0v) is 13.5. The normalized spacial score (nSPS) is 10.7.